The number of Topliss-reactive ketones (excluding diaryl/α,β-unsaturated/α-hetero) is 1. The Balaban J connectivity index is 2.09. The Morgan fingerprint density at radius 2 is 2.00 bits per heavy atom. The largest absolute Gasteiger partial charge is 0.355 e. The fourth-order valence-electron chi connectivity index (χ4n) is 3.53. The Labute approximate surface area is 152 Å². The average molecular weight is 344 g/mol. The summed E-state index contributed by atoms with van der Waals surface area (Å²) < 4.78 is 0. The quantitative estimate of drug-likeness (QED) is 0.862. The lowest BCUT2D eigenvalue weighted by Gasteiger charge is -2.22. The molecule has 138 valence electrons. The summed E-state index contributed by atoms with van der Waals surface area (Å²) in [7, 11) is 0. The zero-order valence-electron chi connectivity index (χ0n) is 16.2. The van der Waals surface area contributed by atoms with Gasteiger partial charge in [0.25, 0.3) is 0 Å². The van der Waals surface area contributed by atoms with Gasteiger partial charge >= 0.3 is 0 Å². The zero-order chi connectivity index (χ0) is 18.4. The molecule has 1 aromatic rings. The lowest BCUT2D eigenvalue weighted by atomic mass is 9.87. The van der Waals surface area contributed by atoms with Crippen molar-refractivity contribution in [2.75, 3.05) is 19.6 Å². The monoisotopic (exact) mass is 344 g/mol. The lowest BCUT2D eigenvalue weighted by Crippen LogP contribution is -2.34. The minimum Gasteiger partial charge on any atom is -0.355 e. The molecule has 4 nitrogen and oxygen atoms in total. The van der Waals surface area contributed by atoms with Crippen LogP contribution in [0.5, 0.6) is 0 Å². The molecule has 0 atom stereocenters. The number of carbonyl (C=O) groups is 2. The first-order valence-electron chi connectivity index (χ1n) is 9.33. The van der Waals surface area contributed by atoms with E-state index in [1.807, 2.05) is 0 Å². The first-order chi connectivity index (χ1) is 11.7. The van der Waals surface area contributed by atoms with Crippen molar-refractivity contribution in [2.45, 2.75) is 59.9 Å². The van der Waals surface area contributed by atoms with Crippen LogP contribution in [0.3, 0.4) is 0 Å². The van der Waals surface area contributed by atoms with Crippen molar-refractivity contribution in [2.24, 2.45) is 5.41 Å². The molecule has 0 radical (unpaired) electrons. The van der Waals surface area contributed by atoms with Crippen LogP contribution in [0.15, 0.2) is 18.2 Å². The van der Waals surface area contributed by atoms with Gasteiger partial charge in [0.2, 0.25) is 5.91 Å². The number of amides is 1. The number of nitrogens with zero attached hydrogens (tertiary/aromatic N) is 1. The molecule has 0 unspecified atom stereocenters. The topological polar surface area (TPSA) is 49.4 Å². The molecule has 2 rings (SSSR count). The van der Waals surface area contributed by atoms with Crippen LogP contribution < -0.4 is 5.32 Å². The number of benzene rings is 1. The van der Waals surface area contributed by atoms with Gasteiger partial charge < -0.3 is 5.32 Å². The number of nitrogens with one attached hydrogen (secondary N) is 1. The lowest BCUT2D eigenvalue weighted by molar-refractivity contribution is -0.120. The molecule has 1 N–H and O–H groups in total. The van der Waals surface area contributed by atoms with E-state index in [0.29, 0.717) is 25.2 Å². The molecule has 0 bridgehead atoms. The van der Waals surface area contributed by atoms with Gasteiger partial charge in [0.05, 0.1) is 0 Å². The van der Waals surface area contributed by atoms with E-state index in [0.717, 1.165) is 32.5 Å². The number of fused-ring (bicyclic) bond motifs is 1. The van der Waals surface area contributed by atoms with Crippen molar-refractivity contribution in [1.82, 2.24) is 10.2 Å². The molecule has 0 saturated carbocycles. The summed E-state index contributed by atoms with van der Waals surface area (Å²) in [6.07, 6.45) is 3.32. The van der Waals surface area contributed by atoms with E-state index in [-0.39, 0.29) is 11.3 Å². The van der Waals surface area contributed by atoms with Gasteiger partial charge in [-0.05, 0) is 41.5 Å². The Morgan fingerprint density at radius 1 is 1.24 bits per heavy atom. The van der Waals surface area contributed by atoms with Crippen LogP contribution in [0.4, 0.5) is 0 Å². The van der Waals surface area contributed by atoms with Gasteiger partial charge in [0.1, 0.15) is 5.78 Å². The predicted molar refractivity (Wildman–Crippen MR) is 102 cm³/mol. The maximum atomic E-state index is 12.5. The standard InChI is InChI=1S/C21H32N2O2/c1-16(24)22-10-12-23-11-6-9-17-7-5-8-18(20(17)15-23)13-19(25)14-21(2,3)4/h5,7-8H,6,9-15H2,1-4H3,(H,22,24). The van der Waals surface area contributed by atoms with Gasteiger partial charge in [0, 0.05) is 39.4 Å². The molecule has 1 aliphatic heterocycles. The molecule has 1 heterocycles. The van der Waals surface area contributed by atoms with Crippen LogP contribution in [-0.2, 0) is 29.0 Å². The second-order valence-electron chi connectivity index (χ2n) is 8.37. The number of aryl methyl sites for hydroxylation is 1. The van der Waals surface area contributed by atoms with E-state index in [9.17, 15) is 9.59 Å². The van der Waals surface area contributed by atoms with Crippen molar-refractivity contribution in [3.8, 4) is 0 Å². The molecular weight excluding hydrogens is 312 g/mol. The van der Waals surface area contributed by atoms with Crippen LogP contribution in [0.25, 0.3) is 0 Å². The van der Waals surface area contributed by atoms with Gasteiger partial charge in [-0.25, -0.2) is 0 Å². The maximum Gasteiger partial charge on any atom is 0.216 e. The number of carbonyl (C=O) groups excluding carboxylic acids is 2. The summed E-state index contributed by atoms with van der Waals surface area (Å²) in [5, 5.41) is 2.88. The highest BCUT2D eigenvalue weighted by Gasteiger charge is 2.20. The van der Waals surface area contributed by atoms with E-state index < -0.39 is 0 Å². The van der Waals surface area contributed by atoms with Gasteiger partial charge in [-0.2, -0.15) is 0 Å². The maximum absolute atomic E-state index is 12.5. The molecule has 0 spiro atoms. The summed E-state index contributed by atoms with van der Waals surface area (Å²) in [5.74, 6) is 0.332. The Hall–Kier alpha value is -1.68. The highest BCUT2D eigenvalue weighted by molar-refractivity contribution is 5.81. The molecule has 1 aromatic carbocycles. The number of hydrogen-bond donors (Lipinski definition) is 1. The second kappa shape index (κ2) is 8.61. The van der Waals surface area contributed by atoms with E-state index in [2.05, 4.69) is 49.2 Å². The molecule has 4 heteroatoms. The number of rotatable bonds is 6. The zero-order valence-corrected chi connectivity index (χ0v) is 16.2. The molecule has 25 heavy (non-hydrogen) atoms. The molecule has 1 amide bonds. The molecule has 0 aromatic heterocycles. The predicted octanol–water partition coefficient (Wildman–Crippen LogP) is 3.12. The van der Waals surface area contributed by atoms with E-state index >= 15 is 0 Å². The minimum absolute atomic E-state index is 0.0173. The first kappa shape index (κ1) is 19.6. The fraction of sp³-hybridized carbons (Fsp3) is 0.619. The second-order valence-corrected chi connectivity index (χ2v) is 8.37. The smallest absolute Gasteiger partial charge is 0.216 e. The fourth-order valence-corrected chi connectivity index (χ4v) is 3.53. The van der Waals surface area contributed by atoms with Crippen LogP contribution in [0.2, 0.25) is 0 Å². The van der Waals surface area contributed by atoms with E-state index in [1.165, 1.54) is 16.7 Å². The van der Waals surface area contributed by atoms with Crippen LogP contribution in [0.1, 0.15) is 57.2 Å². The third-order valence-electron chi connectivity index (χ3n) is 4.59. The Bertz CT molecular complexity index is 617. The van der Waals surface area contributed by atoms with E-state index in [1.54, 1.807) is 6.92 Å². The van der Waals surface area contributed by atoms with Crippen LogP contribution >= 0.6 is 0 Å². The van der Waals surface area contributed by atoms with Crippen LogP contribution in [-0.4, -0.2) is 36.2 Å². The number of hydrogen-bond acceptors (Lipinski definition) is 3. The third-order valence-corrected chi connectivity index (χ3v) is 4.59. The van der Waals surface area contributed by atoms with Crippen molar-refractivity contribution in [3.05, 3.63) is 34.9 Å². The van der Waals surface area contributed by atoms with Crippen LogP contribution in [0, 0.1) is 5.41 Å². The van der Waals surface area contributed by atoms with Crippen molar-refractivity contribution in [3.63, 3.8) is 0 Å². The van der Waals surface area contributed by atoms with Crippen molar-refractivity contribution >= 4 is 11.7 Å². The number of ketones is 1. The van der Waals surface area contributed by atoms with Crippen molar-refractivity contribution in [1.29, 1.82) is 0 Å². The van der Waals surface area contributed by atoms with Gasteiger partial charge in [0.15, 0.2) is 0 Å². The third kappa shape index (κ3) is 6.62. The minimum atomic E-state index is 0.0173. The molecule has 0 fully saturated rings. The Morgan fingerprint density at radius 3 is 2.68 bits per heavy atom. The van der Waals surface area contributed by atoms with Gasteiger partial charge in [-0.1, -0.05) is 39.0 Å². The summed E-state index contributed by atoms with van der Waals surface area (Å²) >= 11 is 0. The Kier molecular flexibility index (Phi) is 6.77. The summed E-state index contributed by atoms with van der Waals surface area (Å²) in [6.45, 7) is 11.3. The van der Waals surface area contributed by atoms with Gasteiger partial charge in [-0.15, -0.1) is 0 Å². The van der Waals surface area contributed by atoms with Crippen molar-refractivity contribution < 1.29 is 9.59 Å². The highest BCUT2D eigenvalue weighted by atomic mass is 16.1. The average Bonchev–Trinajstić information content (AvgIpc) is 2.67. The molecule has 0 aliphatic carbocycles. The normalized spacial score (nSPS) is 15.4. The van der Waals surface area contributed by atoms with Gasteiger partial charge in [-0.3, -0.25) is 14.5 Å². The molecular formula is C21H32N2O2. The molecule has 1 aliphatic rings. The van der Waals surface area contributed by atoms with E-state index in [4.69, 9.17) is 0 Å². The summed E-state index contributed by atoms with van der Waals surface area (Å²) in [6, 6.07) is 6.40. The highest BCUT2D eigenvalue weighted by Crippen LogP contribution is 2.25. The summed E-state index contributed by atoms with van der Waals surface area (Å²) in [5.41, 5.74) is 3.92. The SMILES string of the molecule is CC(=O)NCCN1CCCc2cccc(CC(=O)CC(C)(C)C)c2C1. The molecule has 0 saturated heterocycles. The summed E-state index contributed by atoms with van der Waals surface area (Å²) in [4.78, 5) is 25.9. The first-order valence-corrected chi connectivity index (χ1v) is 9.33.